The van der Waals surface area contributed by atoms with Gasteiger partial charge in [0.15, 0.2) is 5.16 Å². The Kier molecular flexibility index (Phi) is 4.33. The number of carbonyl (C=O) groups is 1. The van der Waals surface area contributed by atoms with Crippen LogP contribution in [0.5, 0.6) is 0 Å². The van der Waals surface area contributed by atoms with E-state index in [4.69, 9.17) is 0 Å². The molecule has 0 aliphatic carbocycles. The number of aromatic nitrogens is 4. The van der Waals surface area contributed by atoms with Crippen LogP contribution in [0, 0.1) is 5.92 Å². The maximum Gasteiger partial charge on any atom is 0.231 e. The van der Waals surface area contributed by atoms with E-state index in [1.54, 1.807) is 0 Å². The summed E-state index contributed by atoms with van der Waals surface area (Å²) in [5.41, 5.74) is 1.91. The van der Waals surface area contributed by atoms with E-state index in [9.17, 15) is 4.79 Å². The van der Waals surface area contributed by atoms with Crippen LogP contribution < -0.4 is 5.32 Å². The van der Waals surface area contributed by atoms with Gasteiger partial charge in [0.2, 0.25) is 11.7 Å². The van der Waals surface area contributed by atoms with Crippen LogP contribution in [-0.4, -0.2) is 37.8 Å². The molecule has 3 rings (SSSR count). The highest BCUT2D eigenvalue weighted by Crippen LogP contribution is 2.22. The van der Waals surface area contributed by atoms with E-state index in [1.165, 1.54) is 11.8 Å². The van der Waals surface area contributed by atoms with Crippen LogP contribution in [0.25, 0.3) is 16.8 Å². The van der Waals surface area contributed by atoms with Crippen molar-refractivity contribution in [2.45, 2.75) is 25.4 Å². The molecule has 0 aliphatic rings. The topological polar surface area (TPSA) is 75.1 Å². The summed E-state index contributed by atoms with van der Waals surface area (Å²) in [6.07, 6.45) is 0.995. The molecule has 116 valence electrons. The molecule has 2 aromatic heterocycles. The number of imidazole rings is 1. The molecule has 22 heavy (non-hydrogen) atoms. The van der Waals surface area contributed by atoms with Crippen LogP contribution in [0.3, 0.4) is 0 Å². The summed E-state index contributed by atoms with van der Waals surface area (Å²) in [5.74, 6) is 1.68. The summed E-state index contributed by atoms with van der Waals surface area (Å²) in [4.78, 5) is 16.3. The van der Waals surface area contributed by atoms with Crippen molar-refractivity contribution in [3.63, 3.8) is 0 Å². The fourth-order valence-electron chi connectivity index (χ4n) is 2.22. The minimum Gasteiger partial charge on any atom is -0.355 e. The Morgan fingerprint density at radius 1 is 1.41 bits per heavy atom. The Bertz CT molecular complexity index is 792. The molecule has 0 saturated carbocycles. The van der Waals surface area contributed by atoms with Crippen molar-refractivity contribution >= 4 is 34.5 Å². The molecule has 1 aromatic carbocycles. The summed E-state index contributed by atoms with van der Waals surface area (Å²) in [6.45, 7) is 5.01. The fraction of sp³-hybridized carbons (Fsp3) is 0.400. The SMILES string of the molecule is CC(C)CCNC(=O)CSc1n[nH]c2nc3ccccc3n12. The maximum atomic E-state index is 11.9. The number of rotatable bonds is 6. The van der Waals surface area contributed by atoms with Crippen molar-refractivity contribution < 1.29 is 4.79 Å². The first-order chi connectivity index (χ1) is 10.6. The van der Waals surface area contributed by atoms with Gasteiger partial charge in [-0.1, -0.05) is 37.7 Å². The summed E-state index contributed by atoms with van der Waals surface area (Å²) in [5, 5.41) is 10.8. The Balaban J connectivity index is 1.68. The van der Waals surface area contributed by atoms with Crippen molar-refractivity contribution in [3.8, 4) is 0 Å². The van der Waals surface area contributed by atoms with Crippen LogP contribution in [0.2, 0.25) is 0 Å². The van der Waals surface area contributed by atoms with Crippen molar-refractivity contribution in [2.75, 3.05) is 12.3 Å². The first-order valence-corrected chi connectivity index (χ1v) is 8.35. The lowest BCUT2D eigenvalue weighted by Crippen LogP contribution is -2.27. The molecule has 0 fully saturated rings. The van der Waals surface area contributed by atoms with Gasteiger partial charge in [-0.25, -0.2) is 10.1 Å². The van der Waals surface area contributed by atoms with Crippen molar-refractivity contribution in [1.82, 2.24) is 24.9 Å². The maximum absolute atomic E-state index is 11.9. The molecule has 0 unspecified atom stereocenters. The van der Waals surface area contributed by atoms with E-state index < -0.39 is 0 Å². The smallest absolute Gasteiger partial charge is 0.231 e. The standard InChI is InChI=1S/C15H19N5OS/c1-10(2)7-8-16-13(21)9-22-15-19-18-14-17-11-5-3-4-6-12(11)20(14)15/h3-6,10H,7-9H2,1-2H3,(H,16,21)(H,17,18). The summed E-state index contributed by atoms with van der Waals surface area (Å²) in [7, 11) is 0. The minimum atomic E-state index is 0.0335. The largest absolute Gasteiger partial charge is 0.355 e. The zero-order valence-corrected chi connectivity index (χ0v) is 13.5. The van der Waals surface area contributed by atoms with Gasteiger partial charge in [-0.05, 0) is 24.5 Å². The lowest BCUT2D eigenvalue weighted by atomic mass is 10.1. The molecule has 1 amide bonds. The molecule has 7 heteroatoms. The van der Waals surface area contributed by atoms with Crippen LogP contribution >= 0.6 is 11.8 Å². The number of nitrogens with one attached hydrogen (secondary N) is 2. The molecule has 0 spiro atoms. The summed E-state index contributed by atoms with van der Waals surface area (Å²) >= 11 is 1.41. The summed E-state index contributed by atoms with van der Waals surface area (Å²) < 4.78 is 1.95. The molecule has 0 saturated heterocycles. The zero-order chi connectivity index (χ0) is 15.5. The molecule has 2 heterocycles. The second-order valence-electron chi connectivity index (χ2n) is 5.59. The molecule has 0 atom stereocenters. The van der Waals surface area contributed by atoms with Gasteiger partial charge >= 0.3 is 0 Å². The highest BCUT2D eigenvalue weighted by Gasteiger charge is 2.13. The molecule has 3 aromatic rings. The molecule has 0 radical (unpaired) electrons. The lowest BCUT2D eigenvalue weighted by molar-refractivity contribution is -0.118. The monoisotopic (exact) mass is 317 g/mol. The molecular formula is C15H19N5OS. The van der Waals surface area contributed by atoms with Gasteiger partial charge < -0.3 is 5.32 Å². The van der Waals surface area contributed by atoms with E-state index in [-0.39, 0.29) is 5.91 Å². The van der Waals surface area contributed by atoms with Gasteiger partial charge in [0.25, 0.3) is 0 Å². The highest BCUT2D eigenvalue weighted by atomic mass is 32.2. The molecule has 6 nitrogen and oxygen atoms in total. The van der Waals surface area contributed by atoms with E-state index in [2.05, 4.69) is 34.3 Å². The van der Waals surface area contributed by atoms with Gasteiger partial charge in [-0.3, -0.25) is 9.20 Å². The lowest BCUT2D eigenvalue weighted by Gasteiger charge is -2.06. The number of fused-ring (bicyclic) bond motifs is 3. The summed E-state index contributed by atoms with van der Waals surface area (Å²) in [6, 6.07) is 7.88. The van der Waals surface area contributed by atoms with Crippen molar-refractivity contribution in [1.29, 1.82) is 0 Å². The number of carbonyl (C=O) groups excluding carboxylic acids is 1. The van der Waals surface area contributed by atoms with Crippen LogP contribution in [0.15, 0.2) is 29.4 Å². The minimum absolute atomic E-state index is 0.0335. The first kappa shape index (κ1) is 14.9. The van der Waals surface area contributed by atoms with Gasteiger partial charge in [0.1, 0.15) is 0 Å². The number of thioether (sulfide) groups is 1. The predicted octanol–water partition coefficient (Wildman–Crippen LogP) is 2.47. The molecular weight excluding hydrogens is 298 g/mol. The fourth-order valence-corrected chi connectivity index (χ4v) is 3.01. The first-order valence-electron chi connectivity index (χ1n) is 7.36. The Labute approximate surface area is 132 Å². The molecule has 0 aliphatic heterocycles. The van der Waals surface area contributed by atoms with E-state index in [0.29, 0.717) is 17.4 Å². The van der Waals surface area contributed by atoms with Gasteiger partial charge in [0, 0.05) is 6.54 Å². The average Bonchev–Trinajstić information content (AvgIpc) is 3.03. The number of aromatic amines is 1. The number of H-pyrrole nitrogens is 1. The number of amides is 1. The zero-order valence-electron chi connectivity index (χ0n) is 12.7. The van der Waals surface area contributed by atoms with E-state index >= 15 is 0 Å². The second kappa shape index (κ2) is 6.39. The third-order valence-electron chi connectivity index (χ3n) is 3.38. The van der Waals surface area contributed by atoms with Gasteiger partial charge in [-0.15, -0.1) is 5.10 Å². The quantitative estimate of drug-likeness (QED) is 0.685. The Morgan fingerprint density at radius 2 is 2.23 bits per heavy atom. The van der Waals surface area contributed by atoms with Crippen LogP contribution in [0.4, 0.5) is 0 Å². The number of hydrogen-bond donors (Lipinski definition) is 2. The van der Waals surface area contributed by atoms with E-state index in [0.717, 1.165) is 29.2 Å². The molecule has 2 N–H and O–H groups in total. The Morgan fingerprint density at radius 3 is 3.05 bits per heavy atom. The van der Waals surface area contributed by atoms with Crippen LogP contribution in [-0.2, 0) is 4.79 Å². The highest BCUT2D eigenvalue weighted by molar-refractivity contribution is 7.99. The van der Waals surface area contributed by atoms with Gasteiger partial charge in [0.05, 0.1) is 16.8 Å². The van der Waals surface area contributed by atoms with Crippen molar-refractivity contribution in [2.24, 2.45) is 5.92 Å². The molecule has 0 bridgehead atoms. The third kappa shape index (κ3) is 3.09. The van der Waals surface area contributed by atoms with E-state index in [1.807, 2.05) is 28.7 Å². The average molecular weight is 317 g/mol. The Hall–Kier alpha value is -2.02. The van der Waals surface area contributed by atoms with Crippen molar-refractivity contribution in [3.05, 3.63) is 24.3 Å². The number of benzene rings is 1. The normalized spacial score (nSPS) is 11.6. The predicted molar refractivity (Wildman–Crippen MR) is 88.0 cm³/mol. The number of hydrogen-bond acceptors (Lipinski definition) is 4. The van der Waals surface area contributed by atoms with Gasteiger partial charge in [-0.2, -0.15) is 0 Å². The van der Waals surface area contributed by atoms with Crippen LogP contribution in [0.1, 0.15) is 20.3 Å². The number of para-hydroxylation sites is 2. The number of nitrogens with zero attached hydrogens (tertiary/aromatic N) is 3. The second-order valence-corrected chi connectivity index (χ2v) is 6.53. The third-order valence-corrected chi connectivity index (χ3v) is 4.32.